The van der Waals surface area contributed by atoms with Crippen molar-refractivity contribution in [2.24, 2.45) is 0 Å². The monoisotopic (exact) mass is 335 g/mol. The highest BCUT2D eigenvalue weighted by atomic mass is 79.9. The Kier molecular flexibility index (Phi) is 6.26. The first-order chi connectivity index (χ1) is 9.47. The molecular weight excluding hydrogens is 318 g/mol. The van der Waals surface area contributed by atoms with Crippen LogP contribution in [0.5, 0.6) is 0 Å². The van der Waals surface area contributed by atoms with E-state index >= 15 is 0 Å². The second-order valence-electron chi connectivity index (χ2n) is 4.56. The Morgan fingerprint density at radius 3 is 2.80 bits per heavy atom. The minimum atomic E-state index is -0.357. The van der Waals surface area contributed by atoms with E-state index < -0.39 is 0 Å². The molecule has 0 aliphatic rings. The Labute approximate surface area is 128 Å². The van der Waals surface area contributed by atoms with Crippen LogP contribution in [0.4, 0.5) is 5.69 Å². The maximum Gasteiger partial charge on any atom is 0.263 e. The zero-order valence-corrected chi connectivity index (χ0v) is 13.4. The SMILES string of the molecule is CCC(C)NC(=O)/C(C#N)=C\Nc1ccc(Br)cc1C. The van der Waals surface area contributed by atoms with Crippen molar-refractivity contribution in [1.29, 1.82) is 5.26 Å². The molecule has 0 bridgehead atoms. The second-order valence-corrected chi connectivity index (χ2v) is 5.47. The molecule has 0 spiro atoms. The molecule has 20 heavy (non-hydrogen) atoms. The lowest BCUT2D eigenvalue weighted by molar-refractivity contribution is -0.117. The maximum absolute atomic E-state index is 11.9. The summed E-state index contributed by atoms with van der Waals surface area (Å²) in [4.78, 5) is 11.9. The number of nitrogens with one attached hydrogen (secondary N) is 2. The summed E-state index contributed by atoms with van der Waals surface area (Å²) >= 11 is 3.39. The fraction of sp³-hybridized carbons (Fsp3) is 0.333. The number of nitriles is 1. The molecular formula is C15H18BrN3O. The lowest BCUT2D eigenvalue weighted by Gasteiger charge is -2.11. The lowest BCUT2D eigenvalue weighted by Crippen LogP contribution is -2.33. The van der Waals surface area contributed by atoms with Crippen LogP contribution in [0.15, 0.2) is 34.4 Å². The summed E-state index contributed by atoms with van der Waals surface area (Å²) in [6.07, 6.45) is 2.26. The standard InChI is InChI=1S/C15H18BrN3O/c1-4-11(3)19-15(20)12(8-17)9-18-14-6-5-13(16)7-10(14)2/h5-7,9,11,18H,4H2,1-3H3,(H,19,20)/b12-9-. The fourth-order valence-electron chi connectivity index (χ4n) is 1.49. The first-order valence-corrected chi connectivity index (χ1v) is 7.21. The number of aryl methyl sites for hydroxylation is 1. The molecule has 0 fully saturated rings. The smallest absolute Gasteiger partial charge is 0.263 e. The average molecular weight is 336 g/mol. The Morgan fingerprint density at radius 2 is 2.25 bits per heavy atom. The topological polar surface area (TPSA) is 64.9 Å². The summed E-state index contributed by atoms with van der Waals surface area (Å²) in [7, 11) is 0. The third-order valence-electron chi connectivity index (χ3n) is 2.92. The molecule has 1 unspecified atom stereocenters. The number of hydrogen-bond acceptors (Lipinski definition) is 3. The Morgan fingerprint density at radius 1 is 1.55 bits per heavy atom. The van der Waals surface area contributed by atoms with Gasteiger partial charge in [0.05, 0.1) is 0 Å². The van der Waals surface area contributed by atoms with Gasteiger partial charge in [-0.1, -0.05) is 22.9 Å². The number of halogens is 1. The van der Waals surface area contributed by atoms with Gasteiger partial charge in [-0.15, -0.1) is 0 Å². The van der Waals surface area contributed by atoms with Gasteiger partial charge in [-0.25, -0.2) is 0 Å². The van der Waals surface area contributed by atoms with Crippen LogP contribution in [0.25, 0.3) is 0 Å². The molecule has 2 N–H and O–H groups in total. The van der Waals surface area contributed by atoms with Crippen LogP contribution in [0.2, 0.25) is 0 Å². The highest BCUT2D eigenvalue weighted by molar-refractivity contribution is 9.10. The number of nitrogens with zero attached hydrogens (tertiary/aromatic N) is 1. The first-order valence-electron chi connectivity index (χ1n) is 6.41. The molecule has 0 saturated carbocycles. The van der Waals surface area contributed by atoms with Crippen LogP contribution in [0.3, 0.4) is 0 Å². The molecule has 1 atom stereocenters. The molecule has 1 rings (SSSR count). The molecule has 0 heterocycles. The van der Waals surface area contributed by atoms with Gasteiger partial charge >= 0.3 is 0 Å². The van der Waals surface area contributed by atoms with E-state index in [9.17, 15) is 4.79 Å². The van der Waals surface area contributed by atoms with Crippen molar-refractivity contribution < 1.29 is 4.79 Å². The van der Waals surface area contributed by atoms with E-state index in [2.05, 4.69) is 26.6 Å². The van der Waals surface area contributed by atoms with E-state index in [-0.39, 0.29) is 17.5 Å². The van der Waals surface area contributed by atoms with Crippen molar-refractivity contribution in [3.63, 3.8) is 0 Å². The Hall–Kier alpha value is -1.80. The van der Waals surface area contributed by atoms with E-state index in [1.807, 2.05) is 45.0 Å². The molecule has 0 aliphatic carbocycles. The largest absolute Gasteiger partial charge is 0.360 e. The summed E-state index contributed by atoms with van der Waals surface area (Å²) in [6, 6.07) is 7.70. The zero-order chi connectivity index (χ0) is 15.1. The average Bonchev–Trinajstić information content (AvgIpc) is 2.41. The summed E-state index contributed by atoms with van der Waals surface area (Å²) in [5, 5.41) is 14.8. The number of rotatable bonds is 5. The van der Waals surface area contributed by atoms with Gasteiger partial charge in [-0.2, -0.15) is 5.26 Å². The van der Waals surface area contributed by atoms with Crippen molar-refractivity contribution in [3.8, 4) is 6.07 Å². The molecule has 5 heteroatoms. The third-order valence-corrected chi connectivity index (χ3v) is 3.41. The summed E-state index contributed by atoms with van der Waals surface area (Å²) in [5.74, 6) is -0.357. The van der Waals surface area contributed by atoms with Crippen molar-refractivity contribution in [2.45, 2.75) is 33.2 Å². The molecule has 1 amide bonds. The number of benzene rings is 1. The minimum absolute atomic E-state index is 0.0497. The van der Waals surface area contributed by atoms with Gasteiger partial charge in [0.1, 0.15) is 11.6 Å². The Bertz CT molecular complexity index is 561. The van der Waals surface area contributed by atoms with Gasteiger partial charge in [0.15, 0.2) is 0 Å². The van der Waals surface area contributed by atoms with Gasteiger partial charge in [0, 0.05) is 22.4 Å². The van der Waals surface area contributed by atoms with Crippen molar-refractivity contribution in [2.75, 3.05) is 5.32 Å². The molecule has 0 aromatic heterocycles. The van der Waals surface area contributed by atoms with E-state index in [0.29, 0.717) is 0 Å². The summed E-state index contributed by atoms with van der Waals surface area (Å²) in [6.45, 7) is 5.83. The predicted octanol–water partition coefficient (Wildman–Crippen LogP) is 3.49. The lowest BCUT2D eigenvalue weighted by atomic mass is 10.2. The van der Waals surface area contributed by atoms with Crippen LogP contribution >= 0.6 is 15.9 Å². The molecule has 106 valence electrons. The van der Waals surface area contributed by atoms with Crippen LogP contribution in [-0.4, -0.2) is 11.9 Å². The van der Waals surface area contributed by atoms with E-state index in [4.69, 9.17) is 5.26 Å². The van der Waals surface area contributed by atoms with Gasteiger partial charge < -0.3 is 10.6 Å². The summed E-state index contributed by atoms with van der Waals surface area (Å²) < 4.78 is 0.986. The molecule has 0 saturated heterocycles. The molecule has 1 aromatic carbocycles. The van der Waals surface area contributed by atoms with Gasteiger partial charge in [-0.3, -0.25) is 4.79 Å². The van der Waals surface area contributed by atoms with E-state index in [1.54, 1.807) is 0 Å². The normalized spacial score (nSPS) is 12.4. The van der Waals surface area contributed by atoms with Crippen molar-refractivity contribution in [1.82, 2.24) is 5.32 Å². The second kappa shape index (κ2) is 7.71. The number of anilines is 1. The molecule has 1 aromatic rings. The van der Waals surface area contributed by atoms with Crippen LogP contribution in [0.1, 0.15) is 25.8 Å². The van der Waals surface area contributed by atoms with Gasteiger partial charge in [-0.05, 0) is 44.0 Å². The zero-order valence-electron chi connectivity index (χ0n) is 11.8. The van der Waals surface area contributed by atoms with Gasteiger partial charge in [0.25, 0.3) is 5.91 Å². The molecule has 0 aliphatic heterocycles. The molecule has 4 nitrogen and oxygen atoms in total. The van der Waals surface area contributed by atoms with Gasteiger partial charge in [0.2, 0.25) is 0 Å². The quantitative estimate of drug-likeness (QED) is 0.639. The number of amides is 1. The van der Waals surface area contributed by atoms with Crippen LogP contribution in [0, 0.1) is 18.3 Å². The highest BCUT2D eigenvalue weighted by Gasteiger charge is 2.11. The number of carbonyl (C=O) groups is 1. The fourth-order valence-corrected chi connectivity index (χ4v) is 1.97. The number of carbonyl (C=O) groups excluding carboxylic acids is 1. The minimum Gasteiger partial charge on any atom is -0.360 e. The highest BCUT2D eigenvalue weighted by Crippen LogP contribution is 2.20. The van der Waals surface area contributed by atoms with Crippen molar-refractivity contribution in [3.05, 3.63) is 40.0 Å². The van der Waals surface area contributed by atoms with E-state index in [0.717, 1.165) is 22.1 Å². The van der Waals surface area contributed by atoms with E-state index in [1.165, 1.54) is 6.20 Å². The van der Waals surface area contributed by atoms with Crippen molar-refractivity contribution >= 4 is 27.5 Å². The number of hydrogen-bond donors (Lipinski definition) is 2. The third kappa shape index (κ3) is 4.71. The Balaban J connectivity index is 2.80. The van der Waals surface area contributed by atoms with Crippen LogP contribution in [-0.2, 0) is 4.79 Å². The molecule has 0 radical (unpaired) electrons. The maximum atomic E-state index is 11.9. The summed E-state index contributed by atoms with van der Waals surface area (Å²) in [5.41, 5.74) is 1.94. The predicted molar refractivity (Wildman–Crippen MR) is 84.1 cm³/mol. The first kappa shape index (κ1) is 16.3. The van der Waals surface area contributed by atoms with Crippen LogP contribution < -0.4 is 10.6 Å².